The number of benzene rings is 1. The zero-order valence-corrected chi connectivity index (χ0v) is 13.0. The molecule has 1 unspecified atom stereocenters. The van der Waals surface area contributed by atoms with Crippen LogP contribution in [0.15, 0.2) is 24.3 Å². The molecule has 1 amide bonds. The van der Waals surface area contributed by atoms with Crippen LogP contribution in [0.2, 0.25) is 0 Å². The summed E-state index contributed by atoms with van der Waals surface area (Å²) in [6, 6.07) is 8.68. The third-order valence-corrected chi connectivity index (χ3v) is 5.35. The van der Waals surface area contributed by atoms with Crippen molar-refractivity contribution >= 4 is 11.9 Å². The first-order valence-electron chi connectivity index (χ1n) is 8.12. The van der Waals surface area contributed by atoms with Crippen molar-refractivity contribution in [2.24, 2.45) is 11.8 Å². The number of nitrogens with zero attached hydrogens (tertiary/aromatic N) is 1. The summed E-state index contributed by atoms with van der Waals surface area (Å²) in [7, 11) is 1.88. The van der Waals surface area contributed by atoms with Crippen LogP contribution in [-0.2, 0) is 22.4 Å². The predicted octanol–water partition coefficient (Wildman–Crippen LogP) is 2.50. The second kappa shape index (κ2) is 6.11. The van der Waals surface area contributed by atoms with E-state index in [-0.39, 0.29) is 23.8 Å². The lowest BCUT2D eigenvalue weighted by atomic mass is 9.87. The lowest BCUT2D eigenvalue weighted by Crippen LogP contribution is -2.43. The van der Waals surface area contributed by atoms with Gasteiger partial charge in [-0.3, -0.25) is 9.59 Å². The molecule has 0 aromatic heterocycles. The fraction of sp³-hybridized carbons (Fsp3) is 0.556. The van der Waals surface area contributed by atoms with Gasteiger partial charge in [-0.05, 0) is 49.7 Å². The Morgan fingerprint density at radius 2 is 1.77 bits per heavy atom. The Hall–Kier alpha value is -1.84. The van der Waals surface area contributed by atoms with Crippen molar-refractivity contribution in [2.75, 3.05) is 7.05 Å². The highest BCUT2D eigenvalue weighted by molar-refractivity contribution is 5.81. The van der Waals surface area contributed by atoms with Crippen LogP contribution in [0.5, 0.6) is 0 Å². The van der Waals surface area contributed by atoms with E-state index in [0.29, 0.717) is 19.3 Å². The lowest BCUT2D eigenvalue weighted by molar-refractivity contribution is -0.141. The van der Waals surface area contributed by atoms with Crippen molar-refractivity contribution in [1.29, 1.82) is 0 Å². The molecule has 0 spiro atoms. The molecule has 1 aromatic rings. The Balaban J connectivity index is 1.64. The van der Waals surface area contributed by atoms with E-state index >= 15 is 0 Å². The van der Waals surface area contributed by atoms with E-state index in [0.717, 1.165) is 19.3 Å². The number of fused-ring (bicyclic) bond motifs is 1. The highest BCUT2D eigenvalue weighted by Crippen LogP contribution is 2.33. The van der Waals surface area contributed by atoms with Gasteiger partial charge in [0, 0.05) is 19.0 Å². The first-order valence-corrected chi connectivity index (χ1v) is 8.12. The number of hydrogen-bond donors (Lipinski definition) is 1. The Bertz CT molecular complexity index is 583. The molecule has 0 heterocycles. The van der Waals surface area contributed by atoms with E-state index in [1.165, 1.54) is 11.1 Å². The Morgan fingerprint density at radius 1 is 1.09 bits per heavy atom. The molecule has 1 aromatic carbocycles. The minimum Gasteiger partial charge on any atom is -0.481 e. The minimum absolute atomic E-state index is 0.108. The second-order valence-corrected chi connectivity index (χ2v) is 6.66. The summed E-state index contributed by atoms with van der Waals surface area (Å²) < 4.78 is 0. The largest absolute Gasteiger partial charge is 0.481 e. The highest BCUT2D eigenvalue weighted by Gasteiger charge is 2.37. The number of carboxylic acid groups (broad SMARTS) is 1. The van der Waals surface area contributed by atoms with Gasteiger partial charge in [0.25, 0.3) is 0 Å². The number of rotatable bonds is 3. The molecule has 3 rings (SSSR count). The van der Waals surface area contributed by atoms with E-state index in [4.69, 9.17) is 5.11 Å². The monoisotopic (exact) mass is 301 g/mol. The van der Waals surface area contributed by atoms with Gasteiger partial charge in [-0.1, -0.05) is 24.3 Å². The van der Waals surface area contributed by atoms with Gasteiger partial charge in [0.15, 0.2) is 0 Å². The van der Waals surface area contributed by atoms with Gasteiger partial charge in [-0.2, -0.15) is 0 Å². The van der Waals surface area contributed by atoms with Crippen LogP contribution in [0.1, 0.15) is 36.8 Å². The molecule has 4 heteroatoms. The molecule has 0 radical (unpaired) electrons. The zero-order chi connectivity index (χ0) is 15.7. The summed E-state index contributed by atoms with van der Waals surface area (Å²) in [6.07, 6.45) is 4.76. The normalized spacial score (nSPS) is 27.2. The maximum Gasteiger partial charge on any atom is 0.306 e. The first-order chi connectivity index (χ1) is 10.6. The topological polar surface area (TPSA) is 57.6 Å². The van der Waals surface area contributed by atoms with E-state index in [9.17, 15) is 9.59 Å². The first kappa shape index (κ1) is 15.1. The van der Waals surface area contributed by atoms with Gasteiger partial charge in [-0.25, -0.2) is 0 Å². The summed E-state index contributed by atoms with van der Waals surface area (Å²) in [4.78, 5) is 25.6. The molecule has 4 nitrogen and oxygen atoms in total. The smallest absolute Gasteiger partial charge is 0.306 e. The standard InChI is InChI=1S/C18H23NO3/c1-19(17(20)14-6-7-15(10-14)18(21)22)16-9-8-12-4-2-3-5-13(12)11-16/h2-5,14-16H,6-11H2,1H3,(H,21,22)/t14-,15+,16?/m1/s1. The molecule has 118 valence electrons. The van der Waals surface area contributed by atoms with Crippen LogP contribution in [0.4, 0.5) is 0 Å². The molecule has 1 saturated carbocycles. The molecule has 3 atom stereocenters. The molecule has 2 aliphatic rings. The number of carbonyl (C=O) groups is 2. The predicted molar refractivity (Wildman–Crippen MR) is 83.5 cm³/mol. The third-order valence-electron chi connectivity index (χ3n) is 5.35. The highest BCUT2D eigenvalue weighted by atomic mass is 16.4. The van der Waals surface area contributed by atoms with Crippen molar-refractivity contribution in [3.63, 3.8) is 0 Å². The van der Waals surface area contributed by atoms with Gasteiger partial charge < -0.3 is 10.0 Å². The van der Waals surface area contributed by atoms with Crippen LogP contribution >= 0.6 is 0 Å². The second-order valence-electron chi connectivity index (χ2n) is 6.66. The molecule has 0 aliphatic heterocycles. The Labute approximate surface area is 131 Å². The number of aliphatic carboxylic acids is 1. The van der Waals surface area contributed by atoms with Crippen molar-refractivity contribution in [3.8, 4) is 0 Å². The van der Waals surface area contributed by atoms with Crippen LogP contribution in [0, 0.1) is 11.8 Å². The number of carbonyl (C=O) groups excluding carboxylic acids is 1. The maximum absolute atomic E-state index is 12.7. The molecule has 0 saturated heterocycles. The Kier molecular flexibility index (Phi) is 4.19. The van der Waals surface area contributed by atoms with E-state index in [1.807, 2.05) is 11.9 Å². The van der Waals surface area contributed by atoms with Crippen molar-refractivity contribution in [2.45, 2.75) is 44.6 Å². The fourth-order valence-corrected chi connectivity index (χ4v) is 3.91. The number of carboxylic acids is 1. The molecule has 22 heavy (non-hydrogen) atoms. The van der Waals surface area contributed by atoms with Crippen LogP contribution < -0.4 is 0 Å². The van der Waals surface area contributed by atoms with Crippen molar-refractivity contribution in [1.82, 2.24) is 4.90 Å². The summed E-state index contributed by atoms with van der Waals surface area (Å²) in [6.45, 7) is 0. The third kappa shape index (κ3) is 2.87. The molecular weight excluding hydrogens is 278 g/mol. The molecule has 1 N–H and O–H groups in total. The molecule has 1 fully saturated rings. The van der Waals surface area contributed by atoms with E-state index in [2.05, 4.69) is 24.3 Å². The van der Waals surface area contributed by atoms with Gasteiger partial charge >= 0.3 is 5.97 Å². The van der Waals surface area contributed by atoms with Crippen LogP contribution in [0.3, 0.4) is 0 Å². The van der Waals surface area contributed by atoms with Crippen molar-refractivity contribution < 1.29 is 14.7 Å². The average molecular weight is 301 g/mol. The van der Waals surface area contributed by atoms with Crippen LogP contribution in [-0.4, -0.2) is 35.0 Å². The summed E-state index contributed by atoms with van der Waals surface area (Å²) in [5.74, 6) is -1.07. The number of aryl methyl sites for hydroxylation is 1. The van der Waals surface area contributed by atoms with Crippen molar-refractivity contribution in [3.05, 3.63) is 35.4 Å². The van der Waals surface area contributed by atoms with Gasteiger partial charge in [-0.15, -0.1) is 0 Å². The SMILES string of the molecule is CN(C(=O)[C@@H]1CC[C@H](C(=O)O)C1)C1CCc2ccccc2C1. The minimum atomic E-state index is -0.760. The molecular formula is C18H23NO3. The fourth-order valence-electron chi connectivity index (χ4n) is 3.91. The maximum atomic E-state index is 12.7. The molecule has 0 bridgehead atoms. The van der Waals surface area contributed by atoms with Gasteiger partial charge in [0.1, 0.15) is 0 Å². The quantitative estimate of drug-likeness (QED) is 0.933. The number of amides is 1. The summed E-state index contributed by atoms with van der Waals surface area (Å²) >= 11 is 0. The number of hydrogen-bond acceptors (Lipinski definition) is 2. The zero-order valence-electron chi connectivity index (χ0n) is 13.0. The summed E-state index contributed by atoms with van der Waals surface area (Å²) in [5.41, 5.74) is 2.74. The lowest BCUT2D eigenvalue weighted by Gasteiger charge is -2.34. The van der Waals surface area contributed by atoms with Crippen LogP contribution in [0.25, 0.3) is 0 Å². The average Bonchev–Trinajstić information content (AvgIpc) is 3.03. The number of likely N-dealkylation sites (N-methyl/N-ethyl adjacent to an activating group) is 1. The summed E-state index contributed by atoms with van der Waals surface area (Å²) in [5, 5.41) is 9.08. The van der Waals surface area contributed by atoms with E-state index < -0.39 is 5.97 Å². The van der Waals surface area contributed by atoms with Gasteiger partial charge in [0.2, 0.25) is 5.91 Å². The van der Waals surface area contributed by atoms with Gasteiger partial charge in [0.05, 0.1) is 5.92 Å². The molecule has 2 aliphatic carbocycles. The Morgan fingerprint density at radius 3 is 2.45 bits per heavy atom. The van der Waals surface area contributed by atoms with E-state index in [1.54, 1.807) is 0 Å².